The highest BCUT2D eigenvalue weighted by Crippen LogP contribution is 2.33. The highest BCUT2D eigenvalue weighted by atomic mass is 79.9. The minimum absolute atomic E-state index is 0.168. The van der Waals surface area contributed by atoms with Crippen molar-refractivity contribution in [2.45, 2.75) is 6.18 Å². The first-order chi connectivity index (χ1) is 8.91. The summed E-state index contributed by atoms with van der Waals surface area (Å²) < 4.78 is 38.9. The molecule has 0 aliphatic carbocycles. The number of ketones is 1. The molecule has 1 aromatic carbocycles. The first-order valence-corrected chi connectivity index (χ1v) is 6.01. The number of carbonyl (C=O) groups excluding carboxylic acids is 1. The average Bonchev–Trinajstić information content (AvgIpc) is 2.37. The molecule has 6 heteroatoms. The molecule has 0 radical (unpaired) electrons. The molecule has 2 aromatic rings. The second kappa shape index (κ2) is 5.13. The van der Waals surface area contributed by atoms with Gasteiger partial charge in [0.25, 0.3) is 0 Å². The summed E-state index contributed by atoms with van der Waals surface area (Å²) >= 11 is 3.15. The van der Waals surface area contributed by atoms with Crippen LogP contribution in [0.25, 0.3) is 0 Å². The van der Waals surface area contributed by atoms with Crippen LogP contribution in [0.4, 0.5) is 13.2 Å². The maximum Gasteiger partial charge on any atom is 0.417 e. The van der Waals surface area contributed by atoms with Gasteiger partial charge in [-0.2, -0.15) is 13.2 Å². The molecule has 98 valence electrons. The van der Waals surface area contributed by atoms with Crippen molar-refractivity contribution in [3.8, 4) is 0 Å². The molecule has 0 aliphatic rings. The van der Waals surface area contributed by atoms with Crippen molar-refractivity contribution in [3.05, 3.63) is 63.9 Å². The Hall–Kier alpha value is -1.69. The van der Waals surface area contributed by atoms with Gasteiger partial charge in [-0.25, -0.2) is 0 Å². The number of alkyl halides is 3. The second-order valence-corrected chi connectivity index (χ2v) is 4.58. The standard InChI is InChI=1S/C13H7BrF3NO/c14-11-4-2-1-3-8(11)12(19)9-7-18-6-5-10(9)13(15,16)17/h1-7H. The van der Waals surface area contributed by atoms with Gasteiger partial charge in [0.15, 0.2) is 5.78 Å². The Morgan fingerprint density at radius 2 is 1.79 bits per heavy atom. The summed E-state index contributed by atoms with van der Waals surface area (Å²) in [4.78, 5) is 15.8. The van der Waals surface area contributed by atoms with Gasteiger partial charge < -0.3 is 0 Å². The van der Waals surface area contributed by atoms with Crippen LogP contribution in [0.15, 0.2) is 47.2 Å². The summed E-state index contributed by atoms with van der Waals surface area (Å²) in [5.41, 5.74) is -1.27. The summed E-state index contributed by atoms with van der Waals surface area (Å²) in [6, 6.07) is 7.11. The number of halogens is 4. The molecular weight excluding hydrogens is 323 g/mol. The van der Waals surface area contributed by atoms with Crippen LogP contribution in [0.1, 0.15) is 21.5 Å². The predicted octanol–water partition coefficient (Wildman–Crippen LogP) is 4.09. The molecule has 0 aliphatic heterocycles. The van der Waals surface area contributed by atoms with E-state index in [0.29, 0.717) is 4.47 Å². The third-order valence-corrected chi connectivity index (χ3v) is 3.18. The fourth-order valence-corrected chi connectivity index (χ4v) is 2.08. The van der Waals surface area contributed by atoms with Crippen LogP contribution in [0.5, 0.6) is 0 Å². The number of benzene rings is 1. The van der Waals surface area contributed by atoms with Gasteiger partial charge >= 0.3 is 6.18 Å². The highest BCUT2D eigenvalue weighted by molar-refractivity contribution is 9.10. The van der Waals surface area contributed by atoms with Crippen LogP contribution in [-0.4, -0.2) is 10.8 Å². The molecule has 0 bridgehead atoms. The Labute approximate surface area is 115 Å². The van der Waals surface area contributed by atoms with Crippen molar-refractivity contribution >= 4 is 21.7 Å². The Morgan fingerprint density at radius 1 is 1.11 bits per heavy atom. The van der Waals surface area contributed by atoms with Gasteiger partial charge in [0, 0.05) is 22.4 Å². The number of hydrogen-bond donors (Lipinski definition) is 0. The van der Waals surface area contributed by atoms with Crippen LogP contribution in [-0.2, 0) is 6.18 Å². The van der Waals surface area contributed by atoms with E-state index in [1.54, 1.807) is 18.2 Å². The van der Waals surface area contributed by atoms with Gasteiger partial charge in [-0.05, 0) is 18.2 Å². The van der Waals surface area contributed by atoms with Crippen LogP contribution in [0, 0.1) is 0 Å². The third-order valence-electron chi connectivity index (χ3n) is 2.49. The van der Waals surface area contributed by atoms with Crippen LogP contribution in [0.2, 0.25) is 0 Å². The van der Waals surface area contributed by atoms with E-state index in [-0.39, 0.29) is 5.56 Å². The van der Waals surface area contributed by atoms with Crippen molar-refractivity contribution in [2.24, 2.45) is 0 Å². The SMILES string of the molecule is O=C(c1ccccc1Br)c1cnccc1C(F)(F)F. The van der Waals surface area contributed by atoms with E-state index in [1.165, 1.54) is 6.07 Å². The molecule has 0 spiro atoms. The number of carbonyl (C=O) groups is 1. The maximum absolute atomic E-state index is 12.8. The number of hydrogen-bond acceptors (Lipinski definition) is 2. The van der Waals surface area contributed by atoms with Crippen molar-refractivity contribution in [2.75, 3.05) is 0 Å². The Bertz CT molecular complexity index is 625. The van der Waals surface area contributed by atoms with E-state index >= 15 is 0 Å². The zero-order chi connectivity index (χ0) is 14.0. The van der Waals surface area contributed by atoms with E-state index in [0.717, 1.165) is 18.5 Å². The molecule has 0 unspecified atom stereocenters. The fraction of sp³-hybridized carbons (Fsp3) is 0.0769. The smallest absolute Gasteiger partial charge is 0.288 e. The maximum atomic E-state index is 12.8. The van der Waals surface area contributed by atoms with E-state index in [1.807, 2.05) is 0 Å². The van der Waals surface area contributed by atoms with E-state index in [2.05, 4.69) is 20.9 Å². The van der Waals surface area contributed by atoms with Crippen molar-refractivity contribution in [1.29, 1.82) is 0 Å². The Balaban J connectivity index is 2.55. The summed E-state index contributed by atoms with van der Waals surface area (Å²) in [6.07, 6.45) is -2.64. The number of aromatic nitrogens is 1. The van der Waals surface area contributed by atoms with E-state index in [9.17, 15) is 18.0 Å². The Morgan fingerprint density at radius 3 is 2.42 bits per heavy atom. The predicted molar refractivity (Wildman–Crippen MR) is 66.8 cm³/mol. The third kappa shape index (κ3) is 2.84. The molecule has 0 saturated heterocycles. The van der Waals surface area contributed by atoms with E-state index in [4.69, 9.17) is 0 Å². The quantitative estimate of drug-likeness (QED) is 0.776. The lowest BCUT2D eigenvalue weighted by Crippen LogP contribution is -2.14. The fourth-order valence-electron chi connectivity index (χ4n) is 1.61. The molecule has 1 aromatic heterocycles. The molecule has 2 nitrogen and oxygen atoms in total. The van der Waals surface area contributed by atoms with Gasteiger partial charge in [-0.15, -0.1) is 0 Å². The van der Waals surface area contributed by atoms with Gasteiger partial charge in [-0.1, -0.05) is 28.1 Å². The largest absolute Gasteiger partial charge is 0.417 e. The number of nitrogens with zero attached hydrogens (tertiary/aromatic N) is 1. The topological polar surface area (TPSA) is 30.0 Å². The van der Waals surface area contributed by atoms with Gasteiger partial charge in [0.2, 0.25) is 0 Å². The lowest BCUT2D eigenvalue weighted by Gasteiger charge is -2.11. The molecule has 0 amide bonds. The molecule has 1 heterocycles. The van der Waals surface area contributed by atoms with Crippen molar-refractivity contribution in [1.82, 2.24) is 4.98 Å². The van der Waals surface area contributed by atoms with Crippen molar-refractivity contribution < 1.29 is 18.0 Å². The summed E-state index contributed by atoms with van der Waals surface area (Å²) in [7, 11) is 0. The Kier molecular flexibility index (Phi) is 3.71. The van der Waals surface area contributed by atoms with Crippen LogP contribution >= 0.6 is 15.9 Å². The highest BCUT2D eigenvalue weighted by Gasteiger charge is 2.35. The van der Waals surface area contributed by atoms with Crippen LogP contribution in [0.3, 0.4) is 0 Å². The van der Waals surface area contributed by atoms with Gasteiger partial charge in [0.1, 0.15) is 0 Å². The van der Waals surface area contributed by atoms with Crippen molar-refractivity contribution in [3.63, 3.8) is 0 Å². The molecule has 19 heavy (non-hydrogen) atoms. The zero-order valence-corrected chi connectivity index (χ0v) is 11.0. The first kappa shape index (κ1) is 13.7. The molecule has 2 rings (SSSR count). The number of pyridine rings is 1. The lowest BCUT2D eigenvalue weighted by molar-refractivity contribution is -0.137. The normalized spacial score (nSPS) is 11.4. The van der Waals surface area contributed by atoms with Gasteiger partial charge in [-0.3, -0.25) is 9.78 Å². The minimum atomic E-state index is -4.59. The molecule has 0 fully saturated rings. The minimum Gasteiger partial charge on any atom is -0.288 e. The average molecular weight is 330 g/mol. The second-order valence-electron chi connectivity index (χ2n) is 3.73. The summed E-state index contributed by atoms with van der Waals surface area (Å²) in [5, 5.41) is 0. The first-order valence-electron chi connectivity index (χ1n) is 5.21. The zero-order valence-electron chi connectivity index (χ0n) is 9.41. The summed E-state index contributed by atoms with van der Waals surface area (Å²) in [6.45, 7) is 0. The monoisotopic (exact) mass is 329 g/mol. The van der Waals surface area contributed by atoms with E-state index < -0.39 is 23.1 Å². The molecule has 0 N–H and O–H groups in total. The molecular formula is C13H7BrF3NO. The van der Waals surface area contributed by atoms with Crippen LogP contribution < -0.4 is 0 Å². The molecule has 0 saturated carbocycles. The lowest BCUT2D eigenvalue weighted by atomic mass is 10.0. The van der Waals surface area contributed by atoms with Gasteiger partial charge in [0.05, 0.1) is 11.1 Å². The molecule has 0 atom stereocenters. The number of rotatable bonds is 2. The summed E-state index contributed by atoms with van der Waals surface area (Å²) in [5.74, 6) is -0.715.